The number of benzene rings is 3. The molecule has 2 atom stereocenters. The van der Waals surface area contributed by atoms with Crippen LogP contribution in [0.1, 0.15) is 29.2 Å². The highest BCUT2D eigenvalue weighted by Gasteiger charge is 2.36. The Morgan fingerprint density at radius 1 is 0.838 bits per heavy atom. The van der Waals surface area contributed by atoms with Gasteiger partial charge >= 0.3 is 18.0 Å². The van der Waals surface area contributed by atoms with E-state index in [-0.39, 0.29) is 26.1 Å². The van der Waals surface area contributed by atoms with Crippen LogP contribution in [-0.2, 0) is 38.5 Å². The van der Waals surface area contributed by atoms with Gasteiger partial charge in [-0.15, -0.1) is 0 Å². The highest BCUT2D eigenvalue weighted by atomic mass is 16.6. The second kappa shape index (κ2) is 13.8. The molecule has 0 unspecified atom stereocenters. The van der Waals surface area contributed by atoms with Crippen molar-refractivity contribution in [2.75, 3.05) is 6.61 Å². The quantitative estimate of drug-likeness (QED) is 0.280. The monoisotopic (exact) mass is 504 g/mol. The molecule has 0 aromatic heterocycles. The Morgan fingerprint density at radius 3 is 2.03 bits per heavy atom. The molecule has 37 heavy (non-hydrogen) atoms. The summed E-state index contributed by atoms with van der Waals surface area (Å²) >= 11 is 0. The van der Waals surface area contributed by atoms with Crippen LogP contribution in [-0.4, -0.2) is 46.8 Å². The van der Waals surface area contributed by atoms with Crippen molar-refractivity contribution in [2.24, 2.45) is 0 Å². The minimum absolute atomic E-state index is 0.0474. The number of hydrogen-bond donors (Lipinski definition) is 2. The first-order valence-electron chi connectivity index (χ1n) is 12.1. The number of hydrogen-bond acceptors (Lipinski definition) is 6. The molecule has 3 aromatic rings. The number of carboxylic acids is 1. The number of carbonyl (C=O) groups is 3. The molecule has 0 aliphatic rings. The van der Waals surface area contributed by atoms with Crippen LogP contribution in [0.3, 0.4) is 0 Å². The molecule has 8 heteroatoms. The molecule has 3 rings (SSSR count). The van der Waals surface area contributed by atoms with Gasteiger partial charge in [0, 0.05) is 12.8 Å². The number of nitrogens with one attached hydrogen (secondary N) is 1. The Bertz CT molecular complexity index is 1170. The summed E-state index contributed by atoms with van der Waals surface area (Å²) in [5.74, 6) is -1.85. The SMILES string of the molecule is CCOC(=O)[C@H](Cc1ccccc1)N(N[C@@H](Cc1ccccc1C)C(=O)O)C(=O)OCc1ccccc1. The summed E-state index contributed by atoms with van der Waals surface area (Å²) in [4.78, 5) is 38.7. The zero-order valence-corrected chi connectivity index (χ0v) is 21.0. The maximum Gasteiger partial charge on any atom is 0.425 e. The van der Waals surface area contributed by atoms with Crippen LogP contribution in [0.25, 0.3) is 0 Å². The Kier molecular flexibility index (Phi) is 10.2. The fourth-order valence-electron chi connectivity index (χ4n) is 3.83. The minimum Gasteiger partial charge on any atom is -0.480 e. The number of nitrogens with zero attached hydrogens (tertiary/aromatic N) is 1. The lowest BCUT2D eigenvalue weighted by atomic mass is 10.0. The van der Waals surface area contributed by atoms with Gasteiger partial charge in [-0.25, -0.2) is 20.0 Å². The maximum absolute atomic E-state index is 13.4. The Balaban J connectivity index is 1.92. The molecule has 3 aromatic carbocycles. The van der Waals surface area contributed by atoms with Crippen LogP contribution in [0.2, 0.25) is 0 Å². The van der Waals surface area contributed by atoms with Gasteiger partial charge in [0.25, 0.3) is 0 Å². The van der Waals surface area contributed by atoms with Gasteiger partial charge < -0.3 is 14.6 Å². The lowest BCUT2D eigenvalue weighted by Gasteiger charge is -2.32. The lowest BCUT2D eigenvalue weighted by Crippen LogP contribution is -2.59. The van der Waals surface area contributed by atoms with Crippen LogP contribution in [0, 0.1) is 6.92 Å². The summed E-state index contributed by atoms with van der Waals surface area (Å²) in [7, 11) is 0. The molecule has 1 amide bonds. The van der Waals surface area contributed by atoms with Crippen molar-refractivity contribution >= 4 is 18.0 Å². The van der Waals surface area contributed by atoms with Crippen molar-refractivity contribution in [1.29, 1.82) is 0 Å². The first-order valence-corrected chi connectivity index (χ1v) is 12.1. The first kappa shape index (κ1) is 27.4. The van der Waals surface area contributed by atoms with Crippen LogP contribution in [0.15, 0.2) is 84.9 Å². The van der Waals surface area contributed by atoms with E-state index in [1.807, 2.05) is 79.7 Å². The largest absolute Gasteiger partial charge is 0.480 e. The van der Waals surface area contributed by atoms with E-state index in [9.17, 15) is 19.5 Å². The first-order chi connectivity index (χ1) is 17.9. The third-order valence-corrected chi connectivity index (χ3v) is 5.82. The number of aliphatic carboxylic acids is 1. The summed E-state index contributed by atoms with van der Waals surface area (Å²) < 4.78 is 10.8. The molecule has 194 valence electrons. The summed E-state index contributed by atoms with van der Waals surface area (Å²) in [6, 6.07) is 23.2. The lowest BCUT2D eigenvalue weighted by molar-refractivity contribution is -0.152. The molecule has 0 saturated carbocycles. The average molecular weight is 505 g/mol. The number of carbonyl (C=O) groups excluding carboxylic acids is 2. The van der Waals surface area contributed by atoms with Crippen molar-refractivity contribution in [1.82, 2.24) is 10.4 Å². The fraction of sp³-hybridized carbons (Fsp3) is 0.276. The predicted octanol–water partition coefficient (Wildman–Crippen LogP) is 4.31. The van der Waals surface area contributed by atoms with Crippen molar-refractivity contribution in [3.63, 3.8) is 0 Å². The van der Waals surface area contributed by atoms with Gasteiger partial charge in [-0.3, -0.25) is 4.79 Å². The zero-order valence-electron chi connectivity index (χ0n) is 21.0. The van der Waals surface area contributed by atoms with E-state index in [4.69, 9.17) is 9.47 Å². The van der Waals surface area contributed by atoms with Crippen LogP contribution >= 0.6 is 0 Å². The number of amides is 1. The molecule has 2 N–H and O–H groups in total. The molecule has 0 heterocycles. The van der Waals surface area contributed by atoms with E-state index < -0.39 is 30.1 Å². The molecule has 8 nitrogen and oxygen atoms in total. The molecular formula is C29H32N2O6. The van der Waals surface area contributed by atoms with E-state index in [1.165, 1.54) is 0 Å². The molecule has 0 spiro atoms. The summed E-state index contributed by atoms with van der Waals surface area (Å²) in [5, 5.41) is 11.0. The van der Waals surface area contributed by atoms with E-state index in [1.54, 1.807) is 19.1 Å². The number of aryl methyl sites for hydroxylation is 1. The van der Waals surface area contributed by atoms with E-state index in [2.05, 4.69) is 5.43 Å². The van der Waals surface area contributed by atoms with Gasteiger partial charge in [0.1, 0.15) is 12.6 Å². The molecule has 0 aliphatic heterocycles. The predicted molar refractivity (Wildman–Crippen MR) is 138 cm³/mol. The van der Waals surface area contributed by atoms with Crippen LogP contribution < -0.4 is 5.43 Å². The number of esters is 1. The third-order valence-electron chi connectivity index (χ3n) is 5.82. The Hall–Kier alpha value is -4.17. The molecular weight excluding hydrogens is 472 g/mol. The molecule has 0 aliphatic carbocycles. The van der Waals surface area contributed by atoms with Gasteiger partial charge in [0.05, 0.1) is 6.61 Å². The van der Waals surface area contributed by atoms with E-state index >= 15 is 0 Å². The summed E-state index contributed by atoms with van der Waals surface area (Å²) in [5.41, 5.74) is 6.03. The van der Waals surface area contributed by atoms with E-state index in [0.29, 0.717) is 0 Å². The van der Waals surface area contributed by atoms with Crippen LogP contribution in [0.4, 0.5) is 4.79 Å². The van der Waals surface area contributed by atoms with Gasteiger partial charge in [0.2, 0.25) is 0 Å². The highest BCUT2D eigenvalue weighted by Crippen LogP contribution is 2.15. The normalized spacial score (nSPS) is 12.3. The Labute approximate surface area is 216 Å². The highest BCUT2D eigenvalue weighted by molar-refractivity contribution is 5.82. The minimum atomic E-state index is -1.21. The molecule has 0 bridgehead atoms. The Morgan fingerprint density at radius 2 is 1.43 bits per heavy atom. The number of hydrazine groups is 1. The van der Waals surface area contributed by atoms with Crippen molar-refractivity contribution in [3.8, 4) is 0 Å². The summed E-state index contributed by atoms with van der Waals surface area (Å²) in [6.45, 7) is 3.61. The summed E-state index contributed by atoms with van der Waals surface area (Å²) in [6.07, 6.45) is -0.691. The smallest absolute Gasteiger partial charge is 0.425 e. The number of ether oxygens (including phenoxy) is 2. The maximum atomic E-state index is 13.4. The zero-order chi connectivity index (χ0) is 26.6. The second-order valence-corrected chi connectivity index (χ2v) is 8.52. The number of rotatable bonds is 12. The number of carboxylic acid groups (broad SMARTS) is 1. The molecule has 0 radical (unpaired) electrons. The standard InChI is InChI=1S/C29H32N2O6/c1-3-36-28(34)26(18-22-13-6-4-7-14-22)31(29(35)37-20-23-15-8-5-9-16-23)30-25(27(32)33)19-24-17-11-10-12-21(24)2/h4-17,25-26,30H,3,18-20H2,1-2H3,(H,32,33)/t25-,26-/m0/s1. The topological polar surface area (TPSA) is 105 Å². The van der Waals surface area contributed by atoms with Gasteiger partial charge in [-0.1, -0.05) is 84.9 Å². The third kappa shape index (κ3) is 8.18. The van der Waals surface area contributed by atoms with Crippen molar-refractivity contribution in [2.45, 2.75) is 45.4 Å². The second-order valence-electron chi connectivity index (χ2n) is 8.52. The van der Waals surface area contributed by atoms with Gasteiger partial charge in [-0.05, 0) is 36.1 Å². The van der Waals surface area contributed by atoms with E-state index in [0.717, 1.165) is 27.3 Å². The van der Waals surface area contributed by atoms with Crippen LogP contribution in [0.5, 0.6) is 0 Å². The van der Waals surface area contributed by atoms with Crippen molar-refractivity contribution in [3.05, 3.63) is 107 Å². The average Bonchev–Trinajstić information content (AvgIpc) is 2.90. The van der Waals surface area contributed by atoms with Crippen molar-refractivity contribution < 1.29 is 29.0 Å². The molecule has 0 saturated heterocycles. The van der Waals surface area contributed by atoms with Gasteiger partial charge in [0.15, 0.2) is 6.04 Å². The fourth-order valence-corrected chi connectivity index (χ4v) is 3.83. The van der Waals surface area contributed by atoms with Gasteiger partial charge in [-0.2, -0.15) is 0 Å². The molecule has 0 fully saturated rings.